The first-order valence-corrected chi connectivity index (χ1v) is 4.53. The summed E-state index contributed by atoms with van der Waals surface area (Å²) in [5.41, 5.74) is 2.25. The highest BCUT2D eigenvalue weighted by molar-refractivity contribution is 7.10. The lowest BCUT2D eigenvalue weighted by atomic mass is 9.98. The van der Waals surface area contributed by atoms with Crippen LogP contribution in [-0.2, 0) is 12.8 Å². The summed E-state index contributed by atoms with van der Waals surface area (Å²) in [5, 5.41) is 13.9. The molecule has 0 saturated carbocycles. The van der Waals surface area contributed by atoms with Crippen LogP contribution in [0.2, 0.25) is 0 Å². The summed E-state index contributed by atoms with van der Waals surface area (Å²) in [4.78, 5) is 1.46. The first-order chi connectivity index (χ1) is 5.40. The lowest BCUT2D eigenvalue weighted by molar-refractivity contribution is 0.316. The predicted molar refractivity (Wildman–Crippen MR) is 45.6 cm³/mol. The minimum atomic E-state index is 0.843. The topological polar surface area (TPSA) is 32.6 Å². The Balaban J connectivity index is 2.31. The molecule has 0 fully saturated rings. The second-order valence-corrected chi connectivity index (χ2v) is 3.71. The molecule has 1 aromatic heterocycles. The maximum Gasteiger partial charge on any atom is 0.0618 e. The summed E-state index contributed by atoms with van der Waals surface area (Å²) >= 11 is 1.80. The molecule has 11 heavy (non-hydrogen) atoms. The molecule has 0 aromatic carbocycles. The van der Waals surface area contributed by atoms with Crippen molar-refractivity contribution in [3.63, 3.8) is 0 Å². The van der Waals surface area contributed by atoms with E-state index in [1.54, 1.807) is 11.3 Å². The van der Waals surface area contributed by atoms with Gasteiger partial charge < -0.3 is 5.21 Å². The van der Waals surface area contributed by atoms with E-state index >= 15 is 0 Å². The van der Waals surface area contributed by atoms with E-state index in [0.717, 1.165) is 25.0 Å². The average Bonchev–Trinajstić information content (AvgIpc) is 2.50. The molecule has 2 rings (SSSR count). The van der Waals surface area contributed by atoms with Crippen molar-refractivity contribution in [3.8, 4) is 0 Å². The van der Waals surface area contributed by atoms with Crippen molar-refractivity contribution < 1.29 is 5.21 Å². The maximum atomic E-state index is 8.55. The molecule has 1 aliphatic rings. The van der Waals surface area contributed by atoms with Gasteiger partial charge in [-0.1, -0.05) is 5.16 Å². The smallest absolute Gasteiger partial charge is 0.0618 e. The molecular weight excluding hydrogens is 158 g/mol. The molecule has 58 valence electrons. The zero-order valence-corrected chi connectivity index (χ0v) is 6.90. The third kappa shape index (κ3) is 1.16. The normalized spacial score (nSPS) is 20.2. The highest BCUT2D eigenvalue weighted by atomic mass is 32.1. The van der Waals surface area contributed by atoms with Crippen LogP contribution in [0.1, 0.15) is 16.9 Å². The van der Waals surface area contributed by atoms with E-state index in [0.29, 0.717) is 0 Å². The standard InChI is InChI=1S/C8H9NOS/c10-9-7-1-2-8-6(5-7)3-4-11-8/h3-4,10H,1-2,5H2. The number of oxime groups is 1. The summed E-state index contributed by atoms with van der Waals surface area (Å²) < 4.78 is 0. The molecule has 0 aliphatic heterocycles. The van der Waals surface area contributed by atoms with Crippen LogP contribution in [0.4, 0.5) is 0 Å². The summed E-state index contributed by atoms with van der Waals surface area (Å²) in [6.07, 6.45) is 2.81. The predicted octanol–water partition coefficient (Wildman–Crippen LogP) is 2.07. The molecule has 0 amide bonds. The van der Waals surface area contributed by atoms with E-state index in [1.807, 2.05) is 0 Å². The largest absolute Gasteiger partial charge is 0.411 e. The average molecular weight is 167 g/mol. The van der Waals surface area contributed by atoms with E-state index in [4.69, 9.17) is 5.21 Å². The molecular formula is C8H9NOS. The fourth-order valence-electron chi connectivity index (χ4n) is 1.40. The molecule has 0 saturated heterocycles. The Labute approximate surface area is 69.2 Å². The second-order valence-electron chi connectivity index (χ2n) is 2.71. The lowest BCUT2D eigenvalue weighted by Gasteiger charge is -2.11. The number of thiophene rings is 1. The number of nitrogens with zero attached hydrogens (tertiary/aromatic N) is 1. The Morgan fingerprint density at radius 2 is 2.36 bits per heavy atom. The summed E-state index contributed by atoms with van der Waals surface area (Å²) in [5.74, 6) is 0. The Hall–Kier alpha value is -0.830. The molecule has 1 heterocycles. The van der Waals surface area contributed by atoms with Crippen molar-refractivity contribution in [2.24, 2.45) is 5.16 Å². The number of hydrogen-bond acceptors (Lipinski definition) is 3. The van der Waals surface area contributed by atoms with Gasteiger partial charge in [0.25, 0.3) is 0 Å². The third-order valence-electron chi connectivity index (χ3n) is 2.01. The van der Waals surface area contributed by atoms with E-state index < -0.39 is 0 Å². The third-order valence-corrected chi connectivity index (χ3v) is 3.04. The first kappa shape index (κ1) is 6.85. The number of hydrogen-bond donors (Lipinski definition) is 1. The maximum absolute atomic E-state index is 8.55. The van der Waals surface area contributed by atoms with Gasteiger partial charge in [0.1, 0.15) is 0 Å². The summed E-state index contributed by atoms with van der Waals surface area (Å²) in [7, 11) is 0. The van der Waals surface area contributed by atoms with Crippen molar-refractivity contribution in [2.45, 2.75) is 19.3 Å². The molecule has 0 unspecified atom stereocenters. The number of aryl methyl sites for hydroxylation is 1. The van der Waals surface area contributed by atoms with Crippen molar-refractivity contribution >= 4 is 17.0 Å². The van der Waals surface area contributed by atoms with Crippen molar-refractivity contribution in [3.05, 3.63) is 21.9 Å². The summed E-state index contributed by atoms with van der Waals surface area (Å²) in [6, 6.07) is 2.12. The second kappa shape index (κ2) is 2.66. The Morgan fingerprint density at radius 3 is 3.18 bits per heavy atom. The SMILES string of the molecule is ON=C1CCc2sccc2C1. The van der Waals surface area contributed by atoms with Crippen LogP contribution in [0.25, 0.3) is 0 Å². The minimum Gasteiger partial charge on any atom is -0.411 e. The highest BCUT2D eigenvalue weighted by Gasteiger charge is 2.14. The molecule has 3 heteroatoms. The zero-order valence-electron chi connectivity index (χ0n) is 6.08. The minimum absolute atomic E-state index is 0.843. The number of rotatable bonds is 0. The molecule has 0 bridgehead atoms. The monoisotopic (exact) mass is 167 g/mol. The fraction of sp³-hybridized carbons (Fsp3) is 0.375. The van der Waals surface area contributed by atoms with Crippen LogP contribution in [0.15, 0.2) is 16.6 Å². The van der Waals surface area contributed by atoms with Gasteiger partial charge in [-0.05, 0) is 29.9 Å². The van der Waals surface area contributed by atoms with Crippen LogP contribution < -0.4 is 0 Å². The quantitative estimate of drug-likeness (QED) is 0.465. The Kier molecular flexibility index (Phi) is 1.66. The van der Waals surface area contributed by atoms with Gasteiger partial charge in [0.2, 0.25) is 0 Å². The van der Waals surface area contributed by atoms with Gasteiger partial charge in [-0.15, -0.1) is 11.3 Å². The molecule has 1 aliphatic carbocycles. The van der Waals surface area contributed by atoms with E-state index in [2.05, 4.69) is 16.6 Å². The van der Waals surface area contributed by atoms with Gasteiger partial charge in [-0.3, -0.25) is 0 Å². The van der Waals surface area contributed by atoms with Gasteiger partial charge >= 0.3 is 0 Å². The molecule has 1 aromatic rings. The summed E-state index contributed by atoms with van der Waals surface area (Å²) in [6.45, 7) is 0. The Morgan fingerprint density at radius 1 is 1.45 bits per heavy atom. The van der Waals surface area contributed by atoms with Crippen molar-refractivity contribution in [2.75, 3.05) is 0 Å². The van der Waals surface area contributed by atoms with Crippen molar-refractivity contribution in [1.82, 2.24) is 0 Å². The van der Waals surface area contributed by atoms with Crippen LogP contribution in [0.3, 0.4) is 0 Å². The van der Waals surface area contributed by atoms with Crippen LogP contribution in [0, 0.1) is 0 Å². The van der Waals surface area contributed by atoms with Gasteiger partial charge in [0.15, 0.2) is 0 Å². The van der Waals surface area contributed by atoms with Gasteiger partial charge in [-0.2, -0.15) is 0 Å². The van der Waals surface area contributed by atoms with Crippen molar-refractivity contribution in [1.29, 1.82) is 0 Å². The molecule has 0 atom stereocenters. The van der Waals surface area contributed by atoms with E-state index in [1.165, 1.54) is 10.4 Å². The van der Waals surface area contributed by atoms with Crippen LogP contribution in [0.5, 0.6) is 0 Å². The molecule has 1 N–H and O–H groups in total. The van der Waals surface area contributed by atoms with Gasteiger partial charge in [-0.25, -0.2) is 0 Å². The van der Waals surface area contributed by atoms with Crippen LogP contribution >= 0.6 is 11.3 Å². The molecule has 0 radical (unpaired) electrons. The zero-order chi connectivity index (χ0) is 7.68. The van der Waals surface area contributed by atoms with Gasteiger partial charge in [0.05, 0.1) is 5.71 Å². The van der Waals surface area contributed by atoms with E-state index in [-0.39, 0.29) is 0 Å². The Bertz CT molecular complexity index is 290. The van der Waals surface area contributed by atoms with Gasteiger partial charge in [0, 0.05) is 11.3 Å². The molecule has 0 spiro atoms. The molecule has 2 nitrogen and oxygen atoms in total. The van der Waals surface area contributed by atoms with Crippen LogP contribution in [-0.4, -0.2) is 10.9 Å². The fourth-order valence-corrected chi connectivity index (χ4v) is 2.30. The highest BCUT2D eigenvalue weighted by Crippen LogP contribution is 2.24. The first-order valence-electron chi connectivity index (χ1n) is 3.65. The van der Waals surface area contributed by atoms with E-state index in [9.17, 15) is 0 Å². The lowest BCUT2D eigenvalue weighted by Crippen LogP contribution is -2.11. The number of fused-ring (bicyclic) bond motifs is 1.